The fraction of sp³-hybridized carbons (Fsp3) is 1.00. The fourth-order valence-electron chi connectivity index (χ4n) is 2.51. The summed E-state index contributed by atoms with van der Waals surface area (Å²) in [6.07, 6.45) is 4.96. The second-order valence-corrected chi connectivity index (χ2v) is 6.33. The molecule has 0 aromatic heterocycles. The van der Waals surface area contributed by atoms with Crippen molar-refractivity contribution in [3.63, 3.8) is 0 Å². The van der Waals surface area contributed by atoms with Crippen LogP contribution in [0.4, 0.5) is 0 Å². The zero-order valence-electron chi connectivity index (χ0n) is 11.3. The average molecular weight is 244 g/mol. The van der Waals surface area contributed by atoms with Crippen molar-refractivity contribution in [2.75, 3.05) is 38.7 Å². The quantitative estimate of drug-likeness (QED) is 0.772. The van der Waals surface area contributed by atoms with Crippen molar-refractivity contribution in [2.24, 2.45) is 11.8 Å². The lowest BCUT2D eigenvalue weighted by Crippen LogP contribution is -2.44. The van der Waals surface area contributed by atoms with Gasteiger partial charge in [-0.25, -0.2) is 0 Å². The van der Waals surface area contributed by atoms with Gasteiger partial charge in [-0.15, -0.1) is 0 Å². The summed E-state index contributed by atoms with van der Waals surface area (Å²) in [5, 5.41) is 3.72. The number of rotatable bonds is 6. The molecular formula is C13H28N2S. The molecule has 96 valence electrons. The first-order valence-corrected chi connectivity index (χ1v) is 7.93. The Morgan fingerprint density at radius 3 is 2.81 bits per heavy atom. The van der Waals surface area contributed by atoms with Gasteiger partial charge in [0.25, 0.3) is 0 Å². The minimum Gasteiger partial charge on any atom is -0.314 e. The summed E-state index contributed by atoms with van der Waals surface area (Å²) >= 11 is 1.95. The number of piperidine rings is 1. The molecule has 16 heavy (non-hydrogen) atoms. The molecule has 1 aliphatic heterocycles. The summed E-state index contributed by atoms with van der Waals surface area (Å²) in [5.41, 5.74) is 0. The van der Waals surface area contributed by atoms with Gasteiger partial charge in [-0.3, -0.25) is 0 Å². The Balaban J connectivity index is 2.20. The standard InChI is InChI=1S/C13H28N2S/c1-11(10-16-4)8-14-12(2)13-6-5-7-15(3)9-13/h11-14H,5-10H2,1-4H3. The highest BCUT2D eigenvalue weighted by atomic mass is 32.2. The SMILES string of the molecule is CSCC(C)CNC(C)C1CCCN(C)C1. The molecule has 2 nitrogen and oxygen atoms in total. The third kappa shape index (κ3) is 5.07. The average Bonchev–Trinajstić information content (AvgIpc) is 2.26. The fourth-order valence-corrected chi connectivity index (χ4v) is 3.20. The summed E-state index contributed by atoms with van der Waals surface area (Å²) in [6, 6.07) is 0.673. The lowest BCUT2D eigenvalue weighted by atomic mass is 9.91. The van der Waals surface area contributed by atoms with Crippen LogP contribution in [0, 0.1) is 11.8 Å². The molecule has 0 radical (unpaired) electrons. The highest BCUT2D eigenvalue weighted by Gasteiger charge is 2.22. The maximum absolute atomic E-state index is 3.72. The molecule has 1 fully saturated rings. The zero-order chi connectivity index (χ0) is 12.0. The first kappa shape index (κ1) is 14.3. The number of nitrogens with zero attached hydrogens (tertiary/aromatic N) is 1. The minimum atomic E-state index is 0.673. The lowest BCUT2D eigenvalue weighted by molar-refractivity contribution is 0.177. The van der Waals surface area contributed by atoms with E-state index in [4.69, 9.17) is 0 Å². The number of likely N-dealkylation sites (tertiary alicyclic amines) is 1. The first-order chi connectivity index (χ1) is 7.63. The minimum absolute atomic E-state index is 0.673. The summed E-state index contributed by atoms with van der Waals surface area (Å²) < 4.78 is 0. The van der Waals surface area contributed by atoms with Gasteiger partial charge >= 0.3 is 0 Å². The molecule has 3 unspecified atom stereocenters. The van der Waals surface area contributed by atoms with Crippen LogP contribution >= 0.6 is 11.8 Å². The first-order valence-electron chi connectivity index (χ1n) is 6.54. The van der Waals surface area contributed by atoms with Crippen molar-refractivity contribution in [3.8, 4) is 0 Å². The number of hydrogen-bond donors (Lipinski definition) is 1. The third-order valence-electron chi connectivity index (χ3n) is 3.61. The summed E-state index contributed by atoms with van der Waals surface area (Å²) in [6.45, 7) is 8.41. The van der Waals surface area contributed by atoms with Crippen LogP contribution in [0.5, 0.6) is 0 Å². The Morgan fingerprint density at radius 1 is 1.44 bits per heavy atom. The molecule has 0 aliphatic carbocycles. The van der Waals surface area contributed by atoms with E-state index in [1.807, 2.05) is 11.8 Å². The van der Waals surface area contributed by atoms with Gasteiger partial charge in [-0.2, -0.15) is 11.8 Å². The molecule has 1 heterocycles. The van der Waals surface area contributed by atoms with Crippen molar-refractivity contribution in [1.82, 2.24) is 10.2 Å². The van der Waals surface area contributed by atoms with E-state index in [0.29, 0.717) is 6.04 Å². The van der Waals surface area contributed by atoms with E-state index >= 15 is 0 Å². The lowest BCUT2D eigenvalue weighted by Gasteiger charge is -2.34. The van der Waals surface area contributed by atoms with E-state index in [-0.39, 0.29) is 0 Å². The molecule has 3 atom stereocenters. The summed E-state index contributed by atoms with van der Waals surface area (Å²) in [4.78, 5) is 2.47. The van der Waals surface area contributed by atoms with E-state index < -0.39 is 0 Å². The van der Waals surface area contributed by atoms with Gasteiger partial charge in [0.2, 0.25) is 0 Å². The van der Waals surface area contributed by atoms with Crippen molar-refractivity contribution in [2.45, 2.75) is 32.7 Å². The molecule has 1 saturated heterocycles. The van der Waals surface area contributed by atoms with Crippen molar-refractivity contribution >= 4 is 11.8 Å². The highest BCUT2D eigenvalue weighted by molar-refractivity contribution is 7.98. The van der Waals surface area contributed by atoms with Gasteiger partial charge < -0.3 is 10.2 Å². The zero-order valence-corrected chi connectivity index (χ0v) is 12.1. The van der Waals surface area contributed by atoms with Gasteiger partial charge in [0, 0.05) is 12.6 Å². The Bertz CT molecular complexity index is 187. The van der Waals surface area contributed by atoms with Crippen LogP contribution in [0.3, 0.4) is 0 Å². The smallest absolute Gasteiger partial charge is 0.00793 e. The third-order valence-corrected chi connectivity index (χ3v) is 4.51. The monoisotopic (exact) mass is 244 g/mol. The molecule has 0 spiro atoms. The van der Waals surface area contributed by atoms with E-state index in [1.165, 1.54) is 38.2 Å². The molecule has 0 aromatic rings. The molecule has 1 rings (SSSR count). The van der Waals surface area contributed by atoms with Crippen molar-refractivity contribution in [1.29, 1.82) is 0 Å². The summed E-state index contributed by atoms with van der Waals surface area (Å²) in [7, 11) is 2.25. The van der Waals surface area contributed by atoms with Crippen LogP contribution < -0.4 is 5.32 Å². The van der Waals surface area contributed by atoms with Gasteiger partial charge in [-0.05, 0) is 63.7 Å². The molecular weight excluding hydrogens is 216 g/mol. The maximum atomic E-state index is 3.72. The van der Waals surface area contributed by atoms with Gasteiger partial charge in [0.1, 0.15) is 0 Å². The Hall–Kier alpha value is 0.270. The van der Waals surface area contributed by atoms with Crippen molar-refractivity contribution in [3.05, 3.63) is 0 Å². The highest BCUT2D eigenvalue weighted by Crippen LogP contribution is 2.18. The van der Waals surface area contributed by atoms with Gasteiger partial charge in [-0.1, -0.05) is 6.92 Å². The largest absolute Gasteiger partial charge is 0.314 e. The second kappa shape index (κ2) is 7.57. The predicted octanol–water partition coefficient (Wildman–Crippen LogP) is 2.31. The Labute approximate surface area is 106 Å². The second-order valence-electron chi connectivity index (χ2n) is 5.42. The van der Waals surface area contributed by atoms with Gasteiger partial charge in [0.05, 0.1) is 0 Å². The van der Waals surface area contributed by atoms with Crippen LogP contribution in [0.25, 0.3) is 0 Å². The van der Waals surface area contributed by atoms with Gasteiger partial charge in [0.15, 0.2) is 0 Å². The Morgan fingerprint density at radius 2 is 2.19 bits per heavy atom. The molecule has 0 saturated carbocycles. The van der Waals surface area contributed by atoms with Crippen LogP contribution in [0.2, 0.25) is 0 Å². The van der Waals surface area contributed by atoms with Crippen LogP contribution in [0.1, 0.15) is 26.7 Å². The van der Waals surface area contributed by atoms with E-state index in [2.05, 4.69) is 37.4 Å². The molecule has 0 amide bonds. The molecule has 3 heteroatoms. The molecule has 1 aliphatic rings. The predicted molar refractivity (Wildman–Crippen MR) is 75.2 cm³/mol. The summed E-state index contributed by atoms with van der Waals surface area (Å²) in [5.74, 6) is 2.91. The molecule has 1 N–H and O–H groups in total. The normalized spacial score (nSPS) is 26.6. The maximum Gasteiger partial charge on any atom is 0.00793 e. The Kier molecular flexibility index (Phi) is 6.78. The van der Waals surface area contributed by atoms with Crippen LogP contribution in [-0.2, 0) is 0 Å². The number of hydrogen-bond acceptors (Lipinski definition) is 3. The van der Waals surface area contributed by atoms with Crippen molar-refractivity contribution < 1.29 is 0 Å². The topological polar surface area (TPSA) is 15.3 Å². The van der Waals surface area contributed by atoms with Crippen LogP contribution in [0.15, 0.2) is 0 Å². The van der Waals surface area contributed by atoms with E-state index in [9.17, 15) is 0 Å². The number of nitrogens with one attached hydrogen (secondary N) is 1. The van der Waals surface area contributed by atoms with E-state index in [0.717, 1.165) is 11.8 Å². The van der Waals surface area contributed by atoms with Crippen LogP contribution in [-0.4, -0.2) is 49.6 Å². The number of thioether (sulfide) groups is 1. The van der Waals surface area contributed by atoms with E-state index in [1.54, 1.807) is 0 Å². The molecule has 0 aromatic carbocycles. The molecule has 0 bridgehead atoms.